The summed E-state index contributed by atoms with van der Waals surface area (Å²) >= 11 is 0. The van der Waals surface area contributed by atoms with Gasteiger partial charge in [0.1, 0.15) is 0 Å². The number of Topliss-reactive ketones (excluding diaryl/α,β-unsaturated/α-hetero) is 1. The van der Waals surface area contributed by atoms with Crippen molar-refractivity contribution in [1.29, 1.82) is 0 Å². The van der Waals surface area contributed by atoms with Crippen LogP contribution in [0.15, 0.2) is 0 Å². The Labute approximate surface area is 93.7 Å². The number of carbonyl (C=O) groups excluding carboxylic acids is 1. The van der Waals surface area contributed by atoms with E-state index < -0.39 is 26.9 Å². The first-order valence-corrected chi connectivity index (χ1v) is 6.66. The van der Waals surface area contributed by atoms with E-state index in [4.69, 9.17) is 9.47 Å². The average molecular weight is 250 g/mol. The number of ether oxygens (including phenoxy) is 2. The second-order valence-corrected chi connectivity index (χ2v) is 5.85. The van der Waals surface area contributed by atoms with Crippen molar-refractivity contribution in [3.05, 3.63) is 0 Å². The summed E-state index contributed by atoms with van der Waals surface area (Å²) in [4.78, 5) is 12.0. The summed E-state index contributed by atoms with van der Waals surface area (Å²) < 4.78 is 40.3. The van der Waals surface area contributed by atoms with Crippen LogP contribution in [-0.2, 0) is 24.4 Å². The van der Waals surface area contributed by atoms with Crippen LogP contribution < -0.4 is 0 Å². The van der Waals surface area contributed by atoms with Crippen LogP contribution >= 0.6 is 0 Å². The Morgan fingerprint density at radius 2 is 1.69 bits per heavy atom. The van der Waals surface area contributed by atoms with Gasteiger partial charge in [-0.05, 0) is 12.8 Å². The monoisotopic (exact) mass is 250 g/mol. The van der Waals surface area contributed by atoms with Gasteiger partial charge in [0.05, 0.1) is 13.2 Å². The fraction of sp³-hybridized carbons (Fsp3) is 0.889. The SMILES string of the molecule is O=C(C1OCCO1)C1(S(=O)(=O)O)CCCC1. The largest absolute Gasteiger partial charge is 0.344 e. The third-order valence-corrected chi connectivity index (χ3v) is 4.79. The van der Waals surface area contributed by atoms with Crippen molar-refractivity contribution in [2.24, 2.45) is 0 Å². The van der Waals surface area contributed by atoms with Gasteiger partial charge in [0.15, 0.2) is 4.75 Å². The molecule has 2 fully saturated rings. The van der Waals surface area contributed by atoms with Crippen molar-refractivity contribution in [2.45, 2.75) is 36.7 Å². The zero-order valence-corrected chi connectivity index (χ0v) is 9.53. The smallest absolute Gasteiger partial charge is 0.278 e. The first-order chi connectivity index (χ1) is 7.47. The highest BCUT2D eigenvalue weighted by atomic mass is 32.2. The first-order valence-electron chi connectivity index (χ1n) is 5.22. The molecule has 7 heteroatoms. The normalized spacial score (nSPS) is 26.1. The van der Waals surface area contributed by atoms with Crippen LogP contribution in [0.25, 0.3) is 0 Å². The summed E-state index contributed by atoms with van der Waals surface area (Å²) in [5, 5.41) is 0. The van der Waals surface area contributed by atoms with E-state index in [0.29, 0.717) is 12.8 Å². The first kappa shape index (κ1) is 12.0. The Balaban J connectivity index is 2.29. The summed E-state index contributed by atoms with van der Waals surface area (Å²) in [6.45, 7) is 0.552. The maximum absolute atomic E-state index is 12.0. The molecule has 1 aliphatic heterocycles. The summed E-state index contributed by atoms with van der Waals surface area (Å²) in [5.41, 5.74) is 0. The summed E-state index contributed by atoms with van der Waals surface area (Å²) in [6, 6.07) is 0. The molecule has 1 saturated heterocycles. The highest BCUT2D eigenvalue weighted by Crippen LogP contribution is 2.38. The van der Waals surface area contributed by atoms with E-state index >= 15 is 0 Å². The zero-order chi connectivity index (χ0) is 11.8. The lowest BCUT2D eigenvalue weighted by Crippen LogP contribution is -2.49. The van der Waals surface area contributed by atoms with E-state index in [-0.39, 0.29) is 26.1 Å². The van der Waals surface area contributed by atoms with E-state index in [9.17, 15) is 17.8 Å². The van der Waals surface area contributed by atoms with Crippen LogP contribution in [0.4, 0.5) is 0 Å². The molecule has 0 amide bonds. The van der Waals surface area contributed by atoms with Gasteiger partial charge in [0, 0.05) is 0 Å². The molecular weight excluding hydrogens is 236 g/mol. The molecule has 1 N–H and O–H groups in total. The van der Waals surface area contributed by atoms with Crippen LogP contribution in [0, 0.1) is 0 Å². The van der Waals surface area contributed by atoms with E-state index in [1.54, 1.807) is 0 Å². The number of carbonyl (C=O) groups is 1. The van der Waals surface area contributed by atoms with Gasteiger partial charge < -0.3 is 9.47 Å². The van der Waals surface area contributed by atoms with Gasteiger partial charge >= 0.3 is 0 Å². The number of hydrogen-bond donors (Lipinski definition) is 1. The minimum atomic E-state index is -4.41. The van der Waals surface area contributed by atoms with E-state index in [0.717, 1.165) is 0 Å². The molecule has 2 aliphatic rings. The Kier molecular flexibility index (Phi) is 3.04. The topological polar surface area (TPSA) is 89.9 Å². The molecule has 6 nitrogen and oxygen atoms in total. The number of ketones is 1. The van der Waals surface area contributed by atoms with Gasteiger partial charge in [-0.3, -0.25) is 9.35 Å². The molecular formula is C9H14O6S. The van der Waals surface area contributed by atoms with Gasteiger partial charge in [-0.1, -0.05) is 12.8 Å². The second-order valence-electron chi connectivity index (χ2n) is 4.11. The van der Waals surface area contributed by atoms with Crippen molar-refractivity contribution >= 4 is 15.9 Å². The van der Waals surface area contributed by atoms with Crippen LogP contribution in [0.3, 0.4) is 0 Å². The molecule has 0 radical (unpaired) electrons. The summed E-state index contributed by atoms with van der Waals surface area (Å²) in [6.07, 6.45) is 0.373. The predicted molar refractivity (Wildman–Crippen MR) is 53.4 cm³/mol. The maximum Gasteiger partial charge on any atom is 0.278 e. The second kappa shape index (κ2) is 4.06. The van der Waals surface area contributed by atoms with Gasteiger partial charge in [-0.25, -0.2) is 0 Å². The van der Waals surface area contributed by atoms with Crippen molar-refractivity contribution in [3.8, 4) is 0 Å². The average Bonchev–Trinajstić information content (AvgIpc) is 2.88. The van der Waals surface area contributed by atoms with Crippen LogP contribution in [0.5, 0.6) is 0 Å². The molecule has 0 aromatic rings. The third-order valence-electron chi connectivity index (χ3n) is 3.19. The molecule has 0 unspecified atom stereocenters. The molecule has 2 rings (SSSR count). The number of hydrogen-bond acceptors (Lipinski definition) is 5. The maximum atomic E-state index is 12.0. The van der Waals surface area contributed by atoms with Gasteiger partial charge in [-0.2, -0.15) is 8.42 Å². The summed E-state index contributed by atoms with van der Waals surface area (Å²) in [7, 11) is -4.41. The Bertz CT molecular complexity index is 375. The van der Waals surface area contributed by atoms with Crippen molar-refractivity contribution in [2.75, 3.05) is 13.2 Å². The lowest BCUT2D eigenvalue weighted by molar-refractivity contribution is -0.147. The minimum absolute atomic E-state index is 0.147. The van der Waals surface area contributed by atoms with Crippen LogP contribution in [-0.4, -0.2) is 43.0 Å². The molecule has 0 atom stereocenters. The van der Waals surface area contributed by atoms with E-state index in [2.05, 4.69) is 0 Å². The molecule has 1 heterocycles. The van der Waals surface area contributed by atoms with Crippen molar-refractivity contribution < 1.29 is 27.2 Å². The molecule has 1 saturated carbocycles. The molecule has 0 bridgehead atoms. The van der Waals surface area contributed by atoms with Crippen LogP contribution in [0.2, 0.25) is 0 Å². The number of rotatable bonds is 3. The predicted octanol–water partition coefficient (Wildman–Crippen LogP) is 0.129. The minimum Gasteiger partial charge on any atom is -0.344 e. The third kappa shape index (κ3) is 1.77. The molecule has 0 spiro atoms. The quantitative estimate of drug-likeness (QED) is 0.716. The fourth-order valence-electron chi connectivity index (χ4n) is 2.30. The molecule has 0 aromatic carbocycles. The fourth-order valence-corrected chi connectivity index (χ4v) is 3.46. The van der Waals surface area contributed by atoms with Gasteiger partial charge in [-0.15, -0.1) is 0 Å². The molecule has 0 aromatic heterocycles. The molecule has 1 aliphatic carbocycles. The van der Waals surface area contributed by atoms with Crippen molar-refractivity contribution in [3.63, 3.8) is 0 Å². The van der Waals surface area contributed by atoms with Gasteiger partial charge in [0.2, 0.25) is 12.1 Å². The highest BCUT2D eigenvalue weighted by Gasteiger charge is 2.55. The molecule has 92 valence electrons. The van der Waals surface area contributed by atoms with E-state index in [1.807, 2.05) is 0 Å². The van der Waals surface area contributed by atoms with Crippen LogP contribution in [0.1, 0.15) is 25.7 Å². The van der Waals surface area contributed by atoms with Crippen molar-refractivity contribution in [1.82, 2.24) is 0 Å². The van der Waals surface area contributed by atoms with Gasteiger partial charge in [0.25, 0.3) is 10.1 Å². The Morgan fingerprint density at radius 1 is 1.19 bits per heavy atom. The lowest BCUT2D eigenvalue weighted by atomic mass is 10.0. The Morgan fingerprint density at radius 3 is 2.12 bits per heavy atom. The zero-order valence-electron chi connectivity index (χ0n) is 8.72. The highest BCUT2D eigenvalue weighted by molar-refractivity contribution is 7.88. The lowest BCUT2D eigenvalue weighted by Gasteiger charge is -2.25. The molecule has 16 heavy (non-hydrogen) atoms. The standard InChI is InChI=1S/C9H14O6S/c10-7(8-14-5-6-15-8)9(16(11,12)13)3-1-2-4-9/h8H,1-6H2,(H,11,12,13). The summed E-state index contributed by atoms with van der Waals surface area (Å²) in [5.74, 6) is -0.662. The van der Waals surface area contributed by atoms with E-state index in [1.165, 1.54) is 0 Å². The Hall–Kier alpha value is -0.500.